The summed E-state index contributed by atoms with van der Waals surface area (Å²) >= 11 is 0. The van der Waals surface area contributed by atoms with Crippen molar-refractivity contribution in [1.29, 1.82) is 0 Å². The minimum Gasteiger partial charge on any atom is -0.484 e. The lowest BCUT2D eigenvalue weighted by atomic mass is 10.2. The fourth-order valence-electron chi connectivity index (χ4n) is 1.94. The van der Waals surface area contributed by atoms with E-state index in [9.17, 15) is 4.79 Å². The zero-order chi connectivity index (χ0) is 15.2. The van der Waals surface area contributed by atoms with E-state index in [1.165, 1.54) is 0 Å². The van der Waals surface area contributed by atoms with Gasteiger partial charge in [0.1, 0.15) is 11.5 Å². The third-order valence-electron chi connectivity index (χ3n) is 3.12. The molecule has 112 valence electrons. The number of nitrogens with one attached hydrogen (secondary N) is 1. The van der Waals surface area contributed by atoms with Crippen LogP contribution < -0.4 is 15.8 Å². The lowest BCUT2D eigenvalue weighted by molar-refractivity contribution is -0.119. The summed E-state index contributed by atoms with van der Waals surface area (Å²) in [5, 5.41) is 7.26. The van der Waals surface area contributed by atoms with Gasteiger partial charge in [-0.05, 0) is 31.5 Å². The second-order valence-corrected chi connectivity index (χ2v) is 4.81. The maximum absolute atomic E-state index is 10.6. The highest BCUT2D eigenvalue weighted by atomic mass is 16.5. The van der Waals surface area contributed by atoms with Crippen LogP contribution in [0.4, 0.5) is 0 Å². The van der Waals surface area contributed by atoms with Gasteiger partial charge in [0.2, 0.25) is 0 Å². The first kappa shape index (κ1) is 15.1. The number of aryl methyl sites for hydroxylation is 2. The zero-order valence-corrected chi connectivity index (χ0v) is 12.2. The van der Waals surface area contributed by atoms with Crippen LogP contribution in [0, 0.1) is 13.8 Å². The van der Waals surface area contributed by atoms with Gasteiger partial charge in [0.25, 0.3) is 5.91 Å². The van der Waals surface area contributed by atoms with E-state index >= 15 is 0 Å². The van der Waals surface area contributed by atoms with Crippen LogP contribution in [0.2, 0.25) is 0 Å². The molecule has 2 rings (SSSR count). The van der Waals surface area contributed by atoms with Gasteiger partial charge < -0.3 is 20.3 Å². The predicted octanol–water partition coefficient (Wildman–Crippen LogP) is 1.45. The van der Waals surface area contributed by atoms with Crippen molar-refractivity contribution in [3.05, 3.63) is 46.8 Å². The summed E-state index contributed by atoms with van der Waals surface area (Å²) in [7, 11) is 0. The quantitative estimate of drug-likeness (QED) is 0.805. The molecular formula is C15H19N3O3. The molecule has 1 aromatic carbocycles. The van der Waals surface area contributed by atoms with Crippen molar-refractivity contribution in [2.45, 2.75) is 26.9 Å². The second-order valence-electron chi connectivity index (χ2n) is 4.81. The van der Waals surface area contributed by atoms with Gasteiger partial charge in [-0.15, -0.1) is 0 Å². The molecule has 1 amide bonds. The van der Waals surface area contributed by atoms with Crippen molar-refractivity contribution in [3.63, 3.8) is 0 Å². The molecule has 0 saturated carbocycles. The smallest absolute Gasteiger partial charge is 0.255 e. The standard InChI is InChI=1S/C15H19N3O3/c1-10-14(11(2)21-18-10)8-17-7-12-3-5-13(6-4-12)20-9-15(16)19/h3-6,17H,7-9H2,1-2H3,(H2,16,19). The second kappa shape index (κ2) is 6.90. The first-order chi connectivity index (χ1) is 10.1. The van der Waals surface area contributed by atoms with Crippen LogP contribution >= 0.6 is 0 Å². The van der Waals surface area contributed by atoms with Gasteiger partial charge in [-0.3, -0.25) is 4.79 Å². The molecule has 1 aromatic heterocycles. The lowest BCUT2D eigenvalue weighted by Crippen LogP contribution is -2.20. The molecule has 0 atom stereocenters. The summed E-state index contributed by atoms with van der Waals surface area (Å²) in [5.74, 6) is 0.985. The molecule has 0 radical (unpaired) electrons. The molecule has 6 nitrogen and oxygen atoms in total. The van der Waals surface area contributed by atoms with E-state index in [4.69, 9.17) is 15.0 Å². The van der Waals surface area contributed by atoms with E-state index in [1.54, 1.807) is 0 Å². The molecule has 0 bridgehead atoms. The van der Waals surface area contributed by atoms with Gasteiger partial charge in [-0.25, -0.2) is 0 Å². The SMILES string of the molecule is Cc1noc(C)c1CNCc1ccc(OCC(N)=O)cc1. The number of carbonyl (C=O) groups excluding carboxylic acids is 1. The molecule has 0 aliphatic rings. The molecule has 1 heterocycles. The Morgan fingerprint density at radius 1 is 1.29 bits per heavy atom. The molecule has 2 aromatic rings. The van der Waals surface area contributed by atoms with Crippen molar-refractivity contribution in [2.24, 2.45) is 5.73 Å². The third-order valence-corrected chi connectivity index (χ3v) is 3.12. The van der Waals surface area contributed by atoms with Crippen LogP contribution in [0.3, 0.4) is 0 Å². The summed E-state index contributed by atoms with van der Waals surface area (Å²) in [6, 6.07) is 7.51. The lowest BCUT2D eigenvalue weighted by Gasteiger charge is -2.07. The van der Waals surface area contributed by atoms with Gasteiger partial charge in [0.15, 0.2) is 6.61 Å². The molecular weight excluding hydrogens is 270 g/mol. The summed E-state index contributed by atoms with van der Waals surface area (Å²) in [5.41, 5.74) is 8.14. The summed E-state index contributed by atoms with van der Waals surface area (Å²) in [6.45, 7) is 5.16. The average Bonchev–Trinajstić information content (AvgIpc) is 2.78. The number of rotatable bonds is 7. The summed E-state index contributed by atoms with van der Waals surface area (Å²) in [6.07, 6.45) is 0. The van der Waals surface area contributed by atoms with Gasteiger partial charge >= 0.3 is 0 Å². The number of primary amides is 1. The van der Waals surface area contributed by atoms with Gasteiger partial charge in [-0.2, -0.15) is 0 Å². The van der Waals surface area contributed by atoms with Gasteiger partial charge in [0.05, 0.1) is 5.69 Å². The Morgan fingerprint density at radius 3 is 2.57 bits per heavy atom. The van der Waals surface area contributed by atoms with E-state index in [2.05, 4.69) is 10.5 Å². The molecule has 21 heavy (non-hydrogen) atoms. The van der Waals surface area contributed by atoms with E-state index in [-0.39, 0.29) is 6.61 Å². The number of nitrogens with two attached hydrogens (primary N) is 1. The summed E-state index contributed by atoms with van der Waals surface area (Å²) < 4.78 is 10.3. The third kappa shape index (κ3) is 4.32. The Morgan fingerprint density at radius 2 is 2.00 bits per heavy atom. The maximum Gasteiger partial charge on any atom is 0.255 e. The van der Waals surface area contributed by atoms with Crippen molar-refractivity contribution < 1.29 is 14.1 Å². The number of benzene rings is 1. The molecule has 0 aliphatic carbocycles. The number of hydrogen-bond acceptors (Lipinski definition) is 5. The van der Waals surface area contributed by atoms with Crippen LogP contribution in [0.25, 0.3) is 0 Å². The fraction of sp³-hybridized carbons (Fsp3) is 0.333. The van der Waals surface area contributed by atoms with Crippen molar-refractivity contribution in [2.75, 3.05) is 6.61 Å². The van der Waals surface area contributed by atoms with Crippen LogP contribution in [0.1, 0.15) is 22.6 Å². The minimum absolute atomic E-state index is 0.108. The van der Waals surface area contributed by atoms with E-state index in [1.807, 2.05) is 38.1 Å². The van der Waals surface area contributed by atoms with Crippen LogP contribution in [0.5, 0.6) is 5.75 Å². The Kier molecular flexibility index (Phi) is 4.94. The monoisotopic (exact) mass is 289 g/mol. The molecule has 0 spiro atoms. The highest BCUT2D eigenvalue weighted by molar-refractivity contribution is 5.75. The Labute approximate surface area is 123 Å². The summed E-state index contributed by atoms with van der Waals surface area (Å²) in [4.78, 5) is 10.6. The predicted molar refractivity (Wildman–Crippen MR) is 77.7 cm³/mol. The molecule has 0 aliphatic heterocycles. The number of aromatic nitrogens is 1. The van der Waals surface area contributed by atoms with E-state index in [0.717, 1.165) is 29.1 Å². The normalized spacial score (nSPS) is 10.6. The Balaban J connectivity index is 1.82. The average molecular weight is 289 g/mol. The first-order valence-electron chi connectivity index (χ1n) is 6.69. The Hall–Kier alpha value is -2.34. The van der Waals surface area contributed by atoms with Crippen LogP contribution in [-0.2, 0) is 17.9 Å². The van der Waals surface area contributed by atoms with E-state index < -0.39 is 5.91 Å². The molecule has 3 N–H and O–H groups in total. The zero-order valence-electron chi connectivity index (χ0n) is 12.2. The molecule has 0 fully saturated rings. The maximum atomic E-state index is 10.6. The first-order valence-corrected chi connectivity index (χ1v) is 6.69. The van der Waals surface area contributed by atoms with Gasteiger partial charge in [-0.1, -0.05) is 17.3 Å². The molecule has 0 unspecified atom stereocenters. The van der Waals surface area contributed by atoms with Crippen molar-refractivity contribution in [3.8, 4) is 5.75 Å². The topological polar surface area (TPSA) is 90.4 Å². The fourth-order valence-corrected chi connectivity index (χ4v) is 1.94. The van der Waals surface area contributed by atoms with Crippen molar-refractivity contribution >= 4 is 5.91 Å². The Bertz CT molecular complexity index is 586. The van der Waals surface area contributed by atoms with Crippen LogP contribution in [-0.4, -0.2) is 17.7 Å². The largest absolute Gasteiger partial charge is 0.484 e. The molecule has 0 saturated heterocycles. The number of amides is 1. The van der Waals surface area contributed by atoms with Crippen molar-refractivity contribution in [1.82, 2.24) is 10.5 Å². The van der Waals surface area contributed by atoms with Gasteiger partial charge in [0, 0.05) is 18.7 Å². The number of nitrogens with zero attached hydrogens (tertiary/aromatic N) is 1. The minimum atomic E-state index is -0.486. The number of carbonyl (C=O) groups is 1. The molecule has 6 heteroatoms. The van der Waals surface area contributed by atoms with Crippen LogP contribution in [0.15, 0.2) is 28.8 Å². The van der Waals surface area contributed by atoms with E-state index in [0.29, 0.717) is 12.3 Å². The number of hydrogen-bond donors (Lipinski definition) is 2. The highest BCUT2D eigenvalue weighted by Gasteiger charge is 2.07. The highest BCUT2D eigenvalue weighted by Crippen LogP contribution is 2.14. The number of ether oxygens (including phenoxy) is 1.